The number of benzene rings is 2. The van der Waals surface area contributed by atoms with E-state index in [4.69, 9.17) is 31.7 Å². The predicted molar refractivity (Wildman–Crippen MR) is 156 cm³/mol. The van der Waals surface area contributed by atoms with Crippen LogP contribution in [0, 0.1) is 11.8 Å². The molecule has 0 aliphatic rings. The summed E-state index contributed by atoms with van der Waals surface area (Å²) in [6.45, 7) is 5.34. The van der Waals surface area contributed by atoms with E-state index in [1.54, 1.807) is 37.4 Å². The Labute approximate surface area is 243 Å². The molecule has 4 N–H and O–H groups in total. The third-order valence-corrected chi connectivity index (χ3v) is 7.10. The topological polar surface area (TPSA) is 123 Å². The van der Waals surface area contributed by atoms with E-state index in [0.717, 1.165) is 17.3 Å². The Bertz CT molecular complexity index is 1030. The first kappa shape index (κ1) is 33.5. The summed E-state index contributed by atoms with van der Waals surface area (Å²) in [6.07, 6.45) is 0.274. The predicted octanol–water partition coefficient (Wildman–Crippen LogP) is 3.94. The van der Waals surface area contributed by atoms with Gasteiger partial charge in [-0.1, -0.05) is 56.3 Å². The molecule has 0 saturated heterocycles. The number of carbonyl (C=O) groups is 2. The molecule has 4 atom stereocenters. The van der Waals surface area contributed by atoms with Gasteiger partial charge in [-0.05, 0) is 48.8 Å². The molecule has 0 spiro atoms. The summed E-state index contributed by atoms with van der Waals surface area (Å²) in [6, 6.07) is 15.5. The molecule has 0 aliphatic carbocycles. The zero-order chi connectivity index (χ0) is 29.5. The summed E-state index contributed by atoms with van der Waals surface area (Å²) in [5.74, 6) is -0.223. The standard InChI is InChI=1S/C30H44ClN3O6/c1-21(2)23(18-25(32)26(35)19-33-29(36)28(39-4)22-12-6-5-7-13-22)20-34(31)30(37)24-14-8-9-15-27(24)40-17-11-10-16-38-3/h5-9,12-15,21,23,25-26,28,35H,10-11,16-20,32H2,1-4H3,(H,33,36)/t23-,25+,26+,28-/m1/s1. The number of hydrogen-bond acceptors (Lipinski definition) is 7. The molecule has 2 amide bonds. The lowest BCUT2D eigenvalue weighted by Crippen LogP contribution is -2.46. The molecule has 0 saturated carbocycles. The van der Waals surface area contributed by atoms with E-state index < -0.39 is 18.2 Å². The lowest BCUT2D eigenvalue weighted by molar-refractivity contribution is -0.132. The van der Waals surface area contributed by atoms with Crippen LogP contribution < -0.4 is 15.8 Å². The van der Waals surface area contributed by atoms with E-state index in [1.165, 1.54) is 7.11 Å². The first-order valence-corrected chi connectivity index (χ1v) is 14.0. The molecule has 0 aromatic heterocycles. The number of ether oxygens (including phenoxy) is 3. The summed E-state index contributed by atoms with van der Waals surface area (Å²) >= 11 is 6.49. The van der Waals surface area contributed by atoms with Crippen LogP contribution in [0.3, 0.4) is 0 Å². The summed E-state index contributed by atoms with van der Waals surface area (Å²) in [7, 11) is 3.11. The van der Waals surface area contributed by atoms with Crippen molar-refractivity contribution >= 4 is 23.6 Å². The van der Waals surface area contributed by atoms with Gasteiger partial charge in [-0.2, -0.15) is 0 Å². The number of rotatable bonds is 18. The quantitative estimate of drug-likeness (QED) is 0.181. The van der Waals surface area contributed by atoms with Crippen LogP contribution in [0.5, 0.6) is 5.75 Å². The Morgan fingerprint density at radius 3 is 2.33 bits per heavy atom. The van der Waals surface area contributed by atoms with Crippen molar-refractivity contribution in [1.29, 1.82) is 0 Å². The van der Waals surface area contributed by atoms with Crippen molar-refractivity contribution in [2.75, 3.05) is 40.5 Å². The number of hydrogen-bond donors (Lipinski definition) is 3. The van der Waals surface area contributed by atoms with Gasteiger partial charge in [-0.15, -0.1) is 0 Å². The van der Waals surface area contributed by atoms with Crippen molar-refractivity contribution in [3.05, 3.63) is 65.7 Å². The molecule has 2 aromatic rings. The molecule has 10 heteroatoms. The third-order valence-electron chi connectivity index (χ3n) is 6.81. The van der Waals surface area contributed by atoms with Gasteiger partial charge in [0.2, 0.25) is 0 Å². The smallest absolute Gasteiger partial charge is 0.271 e. The maximum atomic E-state index is 13.2. The van der Waals surface area contributed by atoms with Gasteiger partial charge in [-0.25, -0.2) is 0 Å². The lowest BCUT2D eigenvalue weighted by atomic mass is 9.87. The Balaban J connectivity index is 1.93. The van der Waals surface area contributed by atoms with E-state index >= 15 is 0 Å². The SMILES string of the molecule is COCCCCOc1ccccc1C(=O)N(Cl)C[C@@H](C[C@H](N)[C@@H](O)CNC(=O)[C@H](OC)c1ccccc1)C(C)C. The van der Waals surface area contributed by atoms with Crippen LogP contribution in [0.25, 0.3) is 0 Å². The summed E-state index contributed by atoms with van der Waals surface area (Å²) < 4.78 is 17.4. The Morgan fingerprint density at radius 1 is 1.02 bits per heavy atom. The van der Waals surface area contributed by atoms with Crippen molar-refractivity contribution in [3.63, 3.8) is 0 Å². The fraction of sp³-hybridized carbons (Fsp3) is 0.533. The molecular formula is C30H44ClN3O6. The Morgan fingerprint density at radius 2 is 1.68 bits per heavy atom. The second-order valence-electron chi connectivity index (χ2n) is 10.1. The first-order chi connectivity index (χ1) is 19.2. The normalized spacial score (nSPS) is 14.3. The van der Waals surface area contributed by atoms with Crippen molar-refractivity contribution < 1.29 is 28.9 Å². The highest BCUT2D eigenvalue weighted by Crippen LogP contribution is 2.25. The van der Waals surface area contributed by atoms with Gasteiger partial charge in [-0.3, -0.25) is 14.0 Å². The number of nitrogens with one attached hydrogen (secondary N) is 1. The molecule has 222 valence electrons. The maximum absolute atomic E-state index is 13.2. The van der Waals surface area contributed by atoms with Crippen LogP contribution in [0.2, 0.25) is 0 Å². The van der Waals surface area contributed by atoms with Crippen LogP contribution in [0.4, 0.5) is 0 Å². The Hall–Kier alpha value is -2.69. The van der Waals surface area contributed by atoms with E-state index in [0.29, 0.717) is 36.5 Å². The molecule has 0 heterocycles. The van der Waals surface area contributed by atoms with Crippen LogP contribution in [-0.4, -0.2) is 74.0 Å². The average molecular weight is 578 g/mol. The van der Waals surface area contributed by atoms with Crippen molar-refractivity contribution in [2.45, 2.75) is 51.4 Å². The number of aliphatic hydroxyl groups is 1. The second kappa shape index (κ2) is 17.9. The molecule has 2 aromatic carbocycles. The highest BCUT2D eigenvalue weighted by atomic mass is 35.5. The fourth-order valence-electron chi connectivity index (χ4n) is 4.26. The van der Waals surface area contributed by atoms with Crippen LogP contribution >= 0.6 is 11.8 Å². The van der Waals surface area contributed by atoms with Gasteiger partial charge in [0.1, 0.15) is 5.75 Å². The van der Waals surface area contributed by atoms with Gasteiger partial charge >= 0.3 is 0 Å². The molecule has 0 fully saturated rings. The van der Waals surface area contributed by atoms with Crippen molar-refractivity contribution in [2.24, 2.45) is 17.6 Å². The number of para-hydroxylation sites is 1. The molecule has 0 unspecified atom stereocenters. The van der Waals surface area contributed by atoms with E-state index in [1.807, 2.05) is 38.1 Å². The number of aliphatic hydroxyl groups excluding tert-OH is 1. The van der Waals surface area contributed by atoms with Gasteiger partial charge < -0.3 is 30.4 Å². The minimum Gasteiger partial charge on any atom is -0.493 e. The maximum Gasteiger partial charge on any atom is 0.271 e. The second-order valence-corrected chi connectivity index (χ2v) is 10.5. The summed E-state index contributed by atoms with van der Waals surface area (Å²) in [5.41, 5.74) is 7.42. The molecular weight excluding hydrogens is 534 g/mol. The van der Waals surface area contributed by atoms with Gasteiger partial charge in [0.15, 0.2) is 6.10 Å². The van der Waals surface area contributed by atoms with Crippen molar-refractivity contribution in [1.82, 2.24) is 9.74 Å². The van der Waals surface area contributed by atoms with Crippen LogP contribution in [0.15, 0.2) is 54.6 Å². The minimum absolute atomic E-state index is 0.0316. The third kappa shape index (κ3) is 10.7. The summed E-state index contributed by atoms with van der Waals surface area (Å²) in [4.78, 5) is 25.9. The molecule has 9 nitrogen and oxygen atoms in total. The van der Waals surface area contributed by atoms with Crippen molar-refractivity contribution in [3.8, 4) is 5.75 Å². The molecule has 0 radical (unpaired) electrons. The zero-order valence-corrected chi connectivity index (χ0v) is 24.7. The first-order valence-electron chi connectivity index (χ1n) is 13.7. The van der Waals surface area contributed by atoms with Gasteiger partial charge in [0.25, 0.3) is 11.8 Å². The number of nitrogens with zero attached hydrogens (tertiary/aromatic N) is 1. The number of halogens is 1. The molecule has 40 heavy (non-hydrogen) atoms. The lowest BCUT2D eigenvalue weighted by Gasteiger charge is -2.29. The highest BCUT2D eigenvalue weighted by molar-refractivity contribution is 6.24. The van der Waals surface area contributed by atoms with E-state index in [-0.39, 0.29) is 36.7 Å². The van der Waals surface area contributed by atoms with Crippen LogP contribution in [-0.2, 0) is 14.3 Å². The van der Waals surface area contributed by atoms with E-state index in [2.05, 4.69) is 5.32 Å². The molecule has 0 bridgehead atoms. The number of amides is 2. The average Bonchev–Trinajstić information content (AvgIpc) is 2.96. The largest absolute Gasteiger partial charge is 0.493 e. The monoisotopic (exact) mass is 577 g/mol. The van der Waals surface area contributed by atoms with Gasteiger partial charge in [0.05, 0.1) is 18.3 Å². The molecule has 2 rings (SSSR count). The number of unbranched alkanes of at least 4 members (excludes halogenated alkanes) is 1. The fourth-order valence-corrected chi connectivity index (χ4v) is 4.52. The molecule has 0 aliphatic heterocycles. The minimum atomic E-state index is -0.995. The number of methoxy groups -OCH3 is 2. The van der Waals surface area contributed by atoms with Gasteiger partial charge in [0, 0.05) is 51.7 Å². The van der Waals surface area contributed by atoms with E-state index in [9.17, 15) is 14.7 Å². The summed E-state index contributed by atoms with van der Waals surface area (Å²) in [5, 5.41) is 13.4. The number of nitrogens with two attached hydrogens (primary N) is 1. The van der Waals surface area contributed by atoms with Crippen LogP contribution in [0.1, 0.15) is 55.1 Å². The highest BCUT2D eigenvalue weighted by Gasteiger charge is 2.28. The zero-order valence-electron chi connectivity index (χ0n) is 23.9. The Kier molecular flexibility index (Phi) is 15.0. The number of carbonyl (C=O) groups excluding carboxylic acids is 2.